The first kappa shape index (κ1) is 28.1. The van der Waals surface area contributed by atoms with E-state index < -0.39 is 17.8 Å². The number of methoxy groups -OCH3 is 1. The first-order valence-corrected chi connectivity index (χ1v) is 12.9. The van der Waals surface area contributed by atoms with Gasteiger partial charge in [0.25, 0.3) is 17.6 Å². The molecule has 0 atom stereocenters. The largest absolute Gasteiger partial charge is 0.496 e. The van der Waals surface area contributed by atoms with Crippen molar-refractivity contribution in [3.8, 4) is 5.75 Å². The maximum Gasteiger partial charge on any atom is 0.418 e. The van der Waals surface area contributed by atoms with Crippen LogP contribution in [0.25, 0.3) is 10.9 Å². The zero-order chi connectivity index (χ0) is 28.3. The van der Waals surface area contributed by atoms with Gasteiger partial charge in [0.05, 0.1) is 30.4 Å². The molecular formula is C28H31ClN4O6. The van der Waals surface area contributed by atoms with Crippen LogP contribution in [0.5, 0.6) is 5.75 Å². The van der Waals surface area contributed by atoms with E-state index in [2.05, 4.69) is 4.90 Å². The lowest BCUT2D eigenvalue weighted by atomic mass is 10.0. The molecule has 0 saturated carbocycles. The fourth-order valence-corrected chi connectivity index (χ4v) is 4.69. The van der Waals surface area contributed by atoms with Crippen molar-refractivity contribution < 1.29 is 28.7 Å². The minimum Gasteiger partial charge on any atom is -0.496 e. The molecule has 2 aromatic carbocycles. The third-order valence-corrected chi connectivity index (χ3v) is 6.90. The summed E-state index contributed by atoms with van der Waals surface area (Å²) in [4.78, 5) is 57.0. The van der Waals surface area contributed by atoms with Crippen molar-refractivity contribution in [3.05, 3.63) is 64.3 Å². The second-order valence-corrected chi connectivity index (χ2v) is 9.84. The number of fused-ring (bicyclic) bond motifs is 1. The molecule has 1 fully saturated rings. The van der Waals surface area contributed by atoms with Gasteiger partial charge in [-0.15, -0.1) is 0 Å². The Morgan fingerprint density at radius 1 is 0.974 bits per heavy atom. The molecule has 0 N–H and O–H groups in total. The van der Waals surface area contributed by atoms with E-state index in [0.29, 0.717) is 36.7 Å². The average Bonchev–Trinajstić information content (AvgIpc) is 3.31. The molecule has 2 heterocycles. The van der Waals surface area contributed by atoms with Crippen molar-refractivity contribution in [3.63, 3.8) is 0 Å². The standard InChI is InChI=1S/C28H31ClN4O6/c1-5-39-28(37)33-17-22(25(34)27(36)30(2)3)20-14-21(24(38-4)15-23(20)33)26(35)32-12-10-31(11-13-32)16-18-6-8-19(29)9-7-18/h6-9,14-15,17H,5,10-13,16H2,1-4H3. The zero-order valence-corrected chi connectivity index (χ0v) is 23.2. The molecule has 0 unspecified atom stereocenters. The first-order chi connectivity index (χ1) is 18.6. The molecule has 3 aromatic rings. The maximum absolute atomic E-state index is 13.6. The number of carbonyl (C=O) groups is 4. The Morgan fingerprint density at radius 2 is 1.64 bits per heavy atom. The van der Waals surface area contributed by atoms with Crippen LogP contribution < -0.4 is 4.74 Å². The van der Waals surface area contributed by atoms with E-state index in [9.17, 15) is 19.2 Å². The lowest BCUT2D eigenvalue weighted by Crippen LogP contribution is -2.48. The Bertz CT molecular complexity index is 1410. The molecule has 4 rings (SSSR count). The van der Waals surface area contributed by atoms with Crippen LogP contribution in [-0.4, -0.2) is 96.9 Å². The van der Waals surface area contributed by atoms with E-state index in [1.54, 1.807) is 11.8 Å². The van der Waals surface area contributed by atoms with Crippen molar-refractivity contribution in [2.75, 3.05) is 54.0 Å². The van der Waals surface area contributed by atoms with Crippen molar-refractivity contribution in [2.24, 2.45) is 0 Å². The van der Waals surface area contributed by atoms with Crippen LogP contribution in [-0.2, 0) is 16.1 Å². The first-order valence-electron chi connectivity index (χ1n) is 12.6. The number of benzene rings is 2. The summed E-state index contributed by atoms with van der Waals surface area (Å²) >= 11 is 5.99. The number of carbonyl (C=O) groups excluding carboxylic acids is 4. The van der Waals surface area contributed by atoms with E-state index in [4.69, 9.17) is 21.1 Å². The van der Waals surface area contributed by atoms with Gasteiger partial charge in [0.15, 0.2) is 0 Å². The highest BCUT2D eigenvalue weighted by molar-refractivity contribution is 6.45. The Morgan fingerprint density at radius 3 is 2.23 bits per heavy atom. The van der Waals surface area contributed by atoms with E-state index >= 15 is 0 Å². The number of halogens is 1. The third kappa shape index (κ3) is 5.91. The number of hydrogen-bond donors (Lipinski definition) is 0. The van der Waals surface area contributed by atoms with Crippen LogP contribution in [0.2, 0.25) is 5.02 Å². The number of amides is 2. The number of aromatic nitrogens is 1. The number of hydrogen-bond acceptors (Lipinski definition) is 7. The molecule has 39 heavy (non-hydrogen) atoms. The molecule has 1 aliphatic rings. The second kappa shape index (κ2) is 11.9. The topological polar surface area (TPSA) is 101 Å². The summed E-state index contributed by atoms with van der Waals surface area (Å²) < 4.78 is 11.8. The van der Waals surface area contributed by atoms with Gasteiger partial charge in [0.1, 0.15) is 5.75 Å². The van der Waals surface area contributed by atoms with Crippen LogP contribution >= 0.6 is 11.6 Å². The lowest BCUT2D eigenvalue weighted by Gasteiger charge is -2.35. The van der Waals surface area contributed by atoms with Crippen LogP contribution in [0.1, 0.15) is 33.2 Å². The monoisotopic (exact) mass is 554 g/mol. The fourth-order valence-electron chi connectivity index (χ4n) is 4.56. The molecule has 1 aliphatic heterocycles. The average molecular weight is 555 g/mol. The number of rotatable bonds is 7. The van der Waals surface area contributed by atoms with E-state index in [1.807, 2.05) is 24.3 Å². The van der Waals surface area contributed by atoms with Crippen LogP contribution in [0.4, 0.5) is 4.79 Å². The molecular weight excluding hydrogens is 524 g/mol. The molecule has 206 valence electrons. The summed E-state index contributed by atoms with van der Waals surface area (Å²) in [5, 5.41) is 0.974. The maximum atomic E-state index is 13.6. The molecule has 0 bridgehead atoms. The molecule has 1 saturated heterocycles. The van der Waals surface area contributed by atoms with Gasteiger partial charge in [-0.2, -0.15) is 0 Å². The summed E-state index contributed by atoms with van der Waals surface area (Å²) in [5.41, 5.74) is 1.68. The number of piperazine rings is 1. The zero-order valence-electron chi connectivity index (χ0n) is 22.4. The van der Waals surface area contributed by atoms with Crippen molar-refractivity contribution in [2.45, 2.75) is 13.5 Å². The normalized spacial score (nSPS) is 13.8. The Hall–Kier alpha value is -3.89. The summed E-state index contributed by atoms with van der Waals surface area (Å²) in [7, 11) is 4.37. The van der Waals surface area contributed by atoms with E-state index in [1.165, 1.54) is 39.5 Å². The lowest BCUT2D eigenvalue weighted by molar-refractivity contribution is -0.124. The summed E-state index contributed by atoms with van der Waals surface area (Å²) in [6.45, 7) is 4.90. The van der Waals surface area contributed by atoms with Crippen molar-refractivity contribution in [1.29, 1.82) is 0 Å². The van der Waals surface area contributed by atoms with Crippen LogP contribution in [0.3, 0.4) is 0 Å². The highest BCUT2D eigenvalue weighted by Crippen LogP contribution is 2.32. The summed E-state index contributed by atoms with van der Waals surface area (Å²) in [6, 6.07) is 10.7. The highest BCUT2D eigenvalue weighted by atomic mass is 35.5. The predicted molar refractivity (Wildman–Crippen MR) is 147 cm³/mol. The SMILES string of the molecule is CCOC(=O)n1cc(C(=O)C(=O)N(C)C)c2cc(C(=O)N3CCN(Cc4ccc(Cl)cc4)CC3)c(OC)cc21. The number of ketones is 1. The van der Waals surface area contributed by atoms with Gasteiger partial charge in [-0.1, -0.05) is 23.7 Å². The Balaban J connectivity index is 1.64. The van der Waals surface area contributed by atoms with Gasteiger partial charge in [-0.25, -0.2) is 4.79 Å². The fraction of sp³-hybridized carbons (Fsp3) is 0.357. The van der Waals surface area contributed by atoms with E-state index in [0.717, 1.165) is 21.6 Å². The molecule has 11 heteroatoms. The molecule has 10 nitrogen and oxygen atoms in total. The highest BCUT2D eigenvalue weighted by Gasteiger charge is 2.29. The number of ether oxygens (including phenoxy) is 2. The Kier molecular flexibility index (Phi) is 8.57. The minimum absolute atomic E-state index is 0.00115. The van der Waals surface area contributed by atoms with Crippen LogP contribution in [0.15, 0.2) is 42.6 Å². The third-order valence-electron chi connectivity index (χ3n) is 6.64. The number of likely N-dealkylation sites (N-methyl/N-ethyl adjacent to an activating group) is 1. The molecule has 2 amide bonds. The van der Waals surface area contributed by atoms with Crippen molar-refractivity contribution >= 4 is 46.2 Å². The second-order valence-electron chi connectivity index (χ2n) is 9.40. The van der Waals surface area contributed by atoms with Gasteiger partial charge in [-0.05, 0) is 30.7 Å². The molecule has 0 aliphatic carbocycles. The Labute approximate surface area is 231 Å². The number of nitrogens with zero attached hydrogens (tertiary/aromatic N) is 4. The summed E-state index contributed by atoms with van der Waals surface area (Å²) in [6.07, 6.45) is 0.562. The molecule has 0 spiro atoms. The molecule has 0 radical (unpaired) electrons. The van der Waals surface area contributed by atoms with Gasteiger partial charge >= 0.3 is 6.09 Å². The van der Waals surface area contributed by atoms with Gasteiger partial charge in [0, 0.05) is 69.5 Å². The quantitative estimate of drug-likeness (QED) is 0.325. The number of Topliss-reactive ketones (excluding diaryl/α,β-unsaturated/α-hetero) is 1. The summed E-state index contributed by atoms with van der Waals surface area (Å²) in [5.74, 6) is -1.57. The van der Waals surface area contributed by atoms with Crippen LogP contribution in [0, 0.1) is 0 Å². The predicted octanol–water partition coefficient (Wildman–Crippen LogP) is 3.54. The van der Waals surface area contributed by atoms with E-state index in [-0.39, 0.29) is 34.8 Å². The van der Waals surface area contributed by atoms with Gasteiger partial charge in [0.2, 0.25) is 0 Å². The molecule has 1 aromatic heterocycles. The smallest absolute Gasteiger partial charge is 0.418 e. The van der Waals surface area contributed by atoms with Gasteiger partial charge < -0.3 is 19.3 Å². The van der Waals surface area contributed by atoms with Crippen molar-refractivity contribution in [1.82, 2.24) is 19.3 Å². The van der Waals surface area contributed by atoms with Gasteiger partial charge in [-0.3, -0.25) is 23.9 Å². The minimum atomic E-state index is -0.799.